The number of carbonyl (C=O) groups excluding carboxylic acids is 1. The average Bonchev–Trinajstić information content (AvgIpc) is 3.08. The first-order chi connectivity index (χ1) is 13.9. The van der Waals surface area contributed by atoms with Crippen LogP contribution in [0.3, 0.4) is 0 Å². The van der Waals surface area contributed by atoms with Crippen LogP contribution in [-0.2, 0) is 11.3 Å². The molecule has 0 bridgehead atoms. The summed E-state index contributed by atoms with van der Waals surface area (Å²) in [5.74, 6) is 0.861. The number of rotatable bonds is 10. The van der Waals surface area contributed by atoms with Crippen molar-refractivity contribution in [3.05, 3.63) is 35.7 Å². The summed E-state index contributed by atoms with van der Waals surface area (Å²) in [6, 6.07) is 9.27. The van der Waals surface area contributed by atoms with E-state index in [-0.39, 0.29) is 17.2 Å². The Morgan fingerprint density at radius 2 is 2.10 bits per heavy atom. The molecule has 0 aliphatic rings. The quantitative estimate of drug-likeness (QED) is 0.583. The van der Waals surface area contributed by atoms with Crippen LogP contribution in [0.5, 0.6) is 0 Å². The summed E-state index contributed by atoms with van der Waals surface area (Å²) in [6.45, 7) is 7.04. The number of quaternary nitrogens is 1. The van der Waals surface area contributed by atoms with Crippen molar-refractivity contribution >= 4 is 23.4 Å². The molecule has 0 radical (unpaired) electrons. The third-order valence-electron chi connectivity index (χ3n) is 4.81. The number of nitrogens with one attached hydrogen (secondary N) is 2. The van der Waals surface area contributed by atoms with Crippen LogP contribution in [0.1, 0.15) is 57.5 Å². The highest BCUT2D eigenvalue weighted by atomic mass is 32.2. The van der Waals surface area contributed by atoms with Crippen molar-refractivity contribution in [3.63, 3.8) is 0 Å². The normalized spacial score (nSPS) is 13.1. The van der Waals surface area contributed by atoms with Crippen LogP contribution >= 0.6 is 11.8 Å². The zero-order valence-electron chi connectivity index (χ0n) is 17.9. The number of hydrogen-bond acceptors (Lipinski definition) is 5. The van der Waals surface area contributed by atoms with Crippen LogP contribution in [0.2, 0.25) is 0 Å². The molecular formula is C21H31N6OS+. The highest BCUT2D eigenvalue weighted by Gasteiger charge is 2.26. The van der Waals surface area contributed by atoms with E-state index in [0.29, 0.717) is 11.3 Å². The van der Waals surface area contributed by atoms with Crippen molar-refractivity contribution in [2.45, 2.75) is 63.0 Å². The fourth-order valence-corrected chi connectivity index (χ4v) is 4.02. The summed E-state index contributed by atoms with van der Waals surface area (Å²) in [5.41, 5.74) is 1.14. The van der Waals surface area contributed by atoms with E-state index in [1.807, 2.05) is 6.92 Å². The minimum absolute atomic E-state index is 0.123. The van der Waals surface area contributed by atoms with Gasteiger partial charge in [-0.15, -0.1) is 10.2 Å². The van der Waals surface area contributed by atoms with Gasteiger partial charge >= 0.3 is 0 Å². The molecule has 1 amide bonds. The van der Waals surface area contributed by atoms with Crippen LogP contribution in [0.4, 0.5) is 5.69 Å². The molecule has 0 aliphatic carbocycles. The van der Waals surface area contributed by atoms with E-state index in [1.165, 1.54) is 16.7 Å². The molecular weight excluding hydrogens is 384 g/mol. The SMILES string of the molecule is CCCCn1c(S[C@H](C)C(=O)Nc2cccc(C#N)c2)nnc1[C@@H](CC)[NH+](C)C. The number of nitrogens with zero attached hydrogens (tertiary/aromatic N) is 4. The van der Waals surface area contributed by atoms with Gasteiger partial charge in [0, 0.05) is 18.7 Å². The molecule has 2 aromatic rings. The number of amides is 1. The maximum Gasteiger partial charge on any atom is 0.237 e. The Labute approximate surface area is 177 Å². The average molecular weight is 416 g/mol. The molecule has 0 spiro atoms. The molecule has 1 aromatic carbocycles. The number of nitriles is 1. The van der Waals surface area contributed by atoms with Crippen LogP contribution in [0.15, 0.2) is 29.4 Å². The van der Waals surface area contributed by atoms with Gasteiger partial charge < -0.3 is 14.8 Å². The number of anilines is 1. The molecule has 1 aromatic heterocycles. The molecule has 156 valence electrons. The van der Waals surface area contributed by atoms with E-state index in [0.717, 1.165) is 36.8 Å². The standard InChI is InChI=1S/C21H30N6OS/c1-6-8-12-27-19(18(7-2)26(4)5)24-25-21(27)29-15(3)20(28)23-17-11-9-10-16(13-17)14-22/h9-11,13,15,18H,6-8,12H2,1-5H3,(H,23,28)/p+1/t15-,18-/m1/s1. The maximum atomic E-state index is 12.7. The van der Waals surface area contributed by atoms with Crippen molar-refractivity contribution in [2.75, 3.05) is 19.4 Å². The lowest BCUT2D eigenvalue weighted by Gasteiger charge is -2.20. The third kappa shape index (κ3) is 6.05. The second-order valence-corrected chi connectivity index (χ2v) is 8.63. The molecule has 2 rings (SSSR count). The summed E-state index contributed by atoms with van der Waals surface area (Å²) >= 11 is 1.42. The first kappa shape index (κ1) is 22.9. The fraction of sp³-hybridized carbons (Fsp3) is 0.524. The number of aromatic nitrogens is 3. The second-order valence-electron chi connectivity index (χ2n) is 7.33. The second kappa shape index (κ2) is 11.0. The van der Waals surface area contributed by atoms with Gasteiger partial charge in [-0.1, -0.05) is 38.1 Å². The van der Waals surface area contributed by atoms with Crippen LogP contribution in [-0.4, -0.2) is 40.0 Å². The lowest BCUT2D eigenvalue weighted by atomic mass is 10.2. The van der Waals surface area contributed by atoms with Gasteiger partial charge in [-0.25, -0.2) is 0 Å². The Hall–Kier alpha value is -2.37. The van der Waals surface area contributed by atoms with Crippen LogP contribution < -0.4 is 10.2 Å². The van der Waals surface area contributed by atoms with E-state index >= 15 is 0 Å². The molecule has 0 aliphatic heterocycles. The van der Waals surface area contributed by atoms with Gasteiger partial charge in [-0.3, -0.25) is 4.79 Å². The monoisotopic (exact) mass is 415 g/mol. The van der Waals surface area contributed by atoms with E-state index in [1.54, 1.807) is 24.3 Å². The van der Waals surface area contributed by atoms with Crippen molar-refractivity contribution < 1.29 is 9.69 Å². The van der Waals surface area contributed by atoms with Gasteiger partial charge in [-0.05, 0) is 31.5 Å². The van der Waals surface area contributed by atoms with Gasteiger partial charge in [0.05, 0.1) is 31.0 Å². The third-order valence-corrected chi connectivity index (χ3v) is 5.89. The van der Waals surface area contributed by atoms with Gasteiger partial charge in [0.2, 0.25) is 5.91 Å². The molecule has 2 N–H and O–H groups in total. The van der Waals surface area contributed by atoms with Gasteiger partial charge in [0.25, 0.3) is 0 Å². The Morgan fingerprint density at radius 1 is 1.34 bits per heavy atom. The molecule has 1 heterocycles. The molecule has 0 saturated heterocycles. The Kier molecular flexibility index (Phi) is 8.68. The van der Waals surface area contributed by atoms with Crippen molar-refractivity contribution in [1.82, 2.24) is 14.8 Å². The highest BCUT2D eigenvalue weighted by molar-refractivity contribution is 8.00. The minimum atomic E-state index is -0.343. The van der Waals surface area contributed by atoms with Crippen molar-refractivity contribution in [3.8, 4) is 6.07 Å². The Morgan fingerprint density at radius 3 is 2.72 bits per heavy atom. The van der Waals surface area contributed by atoms with Gasteiger partial charge in [-0.2, -0.15) is 5.26 Å². The molecule has 7 nitrogen and oxygen atoms in total. The van der Waals surface area contributed by atoms with E-state index < -0.39 is 0 Å². The first-order valence-corrected chi connectivity index (χ1v) is 11.0. The lowest BCUT2D eigenvalue weighted by molar-refractivity contribution is -0.893. The fourth-order valence-electron chi connectivity index (χ4n) is 3.14. The molecule has 0 fully saturated rings. The molecule has 2 atom stereocenters. The Balaban J connectivity index is 2.17. The van der Waals surface area contributed by atoms with E-state index in [4.69, 9.17) is 5.26 Å². The zero-order chi connectivity index (χ0) is 21.4. The smallest absolute Gasteiger partial charge is 0.237 e. The summed E-state index contributed by atoms with van der Waals surface area (Å²) < 4.78 is 2.18. The zero-order valence-corrected chi connectivity index (χ0v) is 18.7. The predicted molar refractivity (Wildman–Crippen MR) is 116 cm³/mol. The van der Waals surface area contributed by atoms with Crippen molar-refractivity contribution in [1.29, 1.82) is 5.26 Å². The molecule has 29 heavy (non-hydrogen) atoms. The number of thioether (sulfide) groups is 1. The van der Waals surface area contributed by atoms with Gasteiger partial charge in [0.15, 0.2) is 11.0 Å². The molecule has 0 saturated carbocycles. The predicted octanol–water partition coefficient (Wildman–Crippen LogP) is 2.66. The van der Waals surface area contributed by atoms with Crippen LogP contribution in [0.25, 0.3) is 0 Å². The Bertz CT molecular complexity index is 857. The summed E-state index contributed by atoms with van der Waals surface area (Å²) in [4.78, 5) is 14.0. The largest absolute Gasteiger partial charge is 0.331 e. The maximum absolute atomic E-state index is 12.7. The number of benzene rings is 1. The number of carbonyl (C=O) groups is 1. The van der Waals surface area contributed by atoms with Gasteiger partial charge in [0.1, 0.15) is 6.04 Å². The highest BCUT2D eigenvalue weighted by Crippen LogP contribution is 2.26. The van der Waals surface area contributed by atoms with E-state index in [2.05, 4.69) is 54.1 Å². The van der Waals surface area contributed by atoms with E-state index in [9.17, 15) is 4.79 Å². The molecule has 8 heteroatoms. The first-order valence-electron chi connectivity index (χ1n) is 10.1. The summed E-state index contributed by atoms with van der Waals surface area (Å²) in [5, 5.41) is 21.2. The molecule has 0 unspecified atom stereocenters. The minimum Gasteiger partial charge on any atom is -0.331 e. The summed E-state index contributed by atoms with van der Waals surface area (Å²) in [7, 11) is 4.26. The van der Waals surface area contributed by atoms with Crippen molar-refractivity contribution in [2.24, 2.45) is 0 Å². The topological polar surface area (TPSA) is 88.0 Å². The lowest BCUT2D eigenvalue weighted by Crippen LogP contribution is -3.06. The summed E-state index contributed by atoms with van der Waals surface area (Å²) in [6.07, 6.45) is 3.10. The number of unbranched alkanes of at least 4 members (excludes halogenated alkanes) is 1. The number of hydrogen-bond donors (Lipinski definition) is 2. The van der Waals surface area contributed by atoms with Crippen LogP contribution in [0, 0.1) is 11.3 Å².